The Balaban J connectivity index is 1.62. The minimum absolute atomic E-state index is 0.155. The second-order valence-corrected chi connectivity index (χ2v) is 12.3. The Morgan fingerprint density at radius 3 is 2.58 bits per heavy atom. The molecule has 0 saturated carbocycles. The van der Waals surface area contributed by atoms with Gasteiger partial charge in [-0.25, -0.2) is 0 Å². The number of aliphatic hydroxyl groups is 1. The highest BCUT2D eigenvalue weighted by molar-refractivity contribution is 6.05. The van der Waals surface area contributed by atoms with Crippen LogP contribution in [0.4, 0.5) is 5.69 Å². The quantitative estimate of drug-likeness (QED) is 0.226. The summed E-state index contributed by atoms with van der Waals surface area (Å²) in [6.07, 6.45) is 5.10. The number of fused-ring (bicyclic) bond motifs is 1. The van der Waals surface area contributed by atoms with Crippen molar-refractivity contribution < 1.29 is 29.0 Å². The lowest BCUT2D eigenvalue weighted by Crippen LogP contribution is -2.59. The molecular formula is C35H42N2O6. The molecule has 2 unspecified atom stereocenters. The Morgan fingerprint density at radius 1 is 1.16 bits per heavy atom. The van der Waals surface area contributed by atoms with Gasteiger partial charge in [0, 0.05) is 12.2 Å². The molecule has 6 atom stereocenters. The van der Waals surface area contributed by atoms with Gasteiger partial charge in [0.1, 0.15) is 17.6 Å². The molecule has 8 heteroatoms. The monoisotopic (exact) mass is 586 g/mol. The molecule has 0 radical (unpaired) electrons. The molecule has 8 nitrogen and oxygen atoms in total. The van der Waals surface area contributed by atoms with Crippen LogP contribution in [0, 0.1) is 25.7 Å². The number of carbonyl (C=O) groups is 3. The maximum absolute atomic E-state index is 14.9. The van der Waals surface area contributed by atoms with Gasteiger partial charge in [-0.3, -0.25) is 14.4 Å². The highest BCUT2D eigenvalue weighted by Crippen LogP contribution is 2.64. The van der Waals surface area contributed by atoms with Crippen LogP contribution in [0.15, 0.2) is 73.8 Å². The van der Waals surface area contributed by atoms with Crippen molar-refractivity contribution in [2.45, 2.75) is 69.7 Å². The summed E-state index contributed by atoms with van der Waals surface area (Å²) >= 11 is 0. The van der Waals surface area contributed by atoms with E-state index in [4.69, 9.17) is 9.47 Å². The number of rotatable bonds is 12. The molecule has 2 bridgehead atoms. The first kappa shape index (κ1) is 30.7. The third kappa shape index (κ3) is 5.21. The molecule has 3 heterocycles. The number of benzene rings is 2. The molecule has 228 valence electrons. The van der Waals surface area contributed by atoms with Crippen molar-refractivity contribution in [1.29, 1.82) is 0 Å². The van der Waals surface area contributed by atoms with Crippen molar-refractivity contribution in [1.82, 2.24) is 4.90 Å². The molecule has 5 rings (SSSR count). The maximum atomic E-state index is 14.9. The zero-order valence-corrected chi connectivity index (χ0v) is 25.3. The molecule has 3 saturated heterocycles. The summed E-state index contributed by atoms with van der Waals surface area (Å²) in [7, 11) is 0. The standard InChI is InChI=1S/C35H42N2O6/c1-6-8-19-42-33(41)29-28-31(39)37(26(22-38)21-25-12-10-9-11-13-25)30(35(28)17-16-34(29,5)43-35)32(40)36(18-7-2)27-20-23(3)14-15-24(27)4/h6-7,9-15,20,26,28-30,38H,1-2,8,16-19,21-22H2,3-5H3/t26-,28+,29+,30?,34-,35?/m1/s1. The lowest BCUT2D eigenvalue weighted by molar-refractivity contribution is -0.160. The molecule has 3 aliphatic heterocycles. The van der Waals surface area contributed by atoms with Crippen LogP contribution in [0.1, 0.15) is 42.9 Å². The number of nitrogens with zero attached hydrogens (tertiary/aromatic N) is 2. The molecule has 43 heavy (non-hydrogen) atoms. The van der Waals surface area contributed by atoms with Crippen LogP contribution >= 0.6 is 0 Å². The average molecular weight is 587 g/mol. The van der Waals surface area contributed by atoms with Crippen LogP contribution in [0.3, 0.4) is 0 Å². The van der Waals surface area contributed by atoms with Gasteiger partial charge in [-0.1, -0.05) is 54.6 Å². The van der Waals surface area contributed by atoms with E-state index in [2.05, 4.69) is 13.2 Å². The van der Waals surface area contributed by atoms with Gasteiger partial charge in [0.2, 0.25) is 5.91 Å². The summed E-state index contributed by atoms with van der Waals surface area (Å²) in [4.78, 5) is 46.3. The zero-order chi connectivity index (χ0) is 30.9. The van der Waals surface area contributed by atoms with Gasteiger partial charge in [-0.15, -0.1) is 13.2 Å². The first-order valence-corrected chi connectivity index (χ1v) is 15.1. The van der Waals surface area contributed by atoms with E-state index in [0.717, 1.165) is 22.4 Å². The van der Waals surface area contributed by atoms with Crippen LogP contribution < -0.4 is 4.90 Å². The number of likely N-dealkylation sites (tertiary alicyclic amines) is 1. The van der Waals surface area contributed by atoms with Crippen molar-refractivity contribution in [3.05, 3.63) is 90.5 Å². The number of carbonyl (C=O) groups excluding carboxylic acids is 3. The Morgan fingerprint density at radius 2 is 1.91 bits per heavy atom. The molecule has 2 aromatic carbocycles. The summed E-state index contributed by atoms with van der Waals surface area (Å²) in [6, 6.07) is 13.7. The van der Waals surface area contributed by atoms with E-state index >= 15 is 0 Å². The number of aliphatic hydroxyl groups excluding tert-OH is 1. The van der Waals surface area contributed by atoms with Gasteiger partial charge in [-0.2, -0.15) is 0 Å². The van der Waals surface area contributed by atoms with Gasteiger partial charge in [0.05, 0.1) is 30.8 Å². The van der Waals surface area contributed by atoms with Gasteiger partial charge < -0.3 is 24.4 Å². The van der Waals surface area contributed by atoms with Gasteiger partial charge >= 0.3 is 5.97 Å². The summed E-state index contributed by atoms with van der Waals surface area (Å²) < 4.78 is 12.4. The van der Waals surface area contributed by atoms with Crippen molar-refractivity contribution in [2.75, 3.05) is 24.7 Å². The molecule has 3 aliphatic rings. The van der Waals surface area contributed by atoms with E-state index in [-0.39, 0.29) is 31.6 Å². The van der Waals surface area contributed by atoms with Gasteiger partial charge in [0.15, 0.2) is 0 Å². The molecular weight excluding hydrogens is 544 g/mol. The number of hydrogen-bond donors (Lipinski definition) is 1. The van der Waals surface area contributed by atoms with E-state index in [0.29, 0.717) is 25.7 Å². The molecule has 2 amide bonds. The average Bonchev–Trinajstić information content (AvgIpc) is 3.57. The van der Waals surface area contributed by atoms with Crippen LogP contribution in [0.2, 0.25) is 0 Å². The van der Waals surface area contributed by atoms with Gasteiger partial charge in [0.25, 0.3) is 5.91 Å². The predicted octanol–water partition coefficient (Wildman–Crippen LogP) is 4.31. The SMILES string of the molecule is C=CCCOC(=O)[C@@H]1[C@H]2C(=O)N([C@@H](CO)Cc3ccccc3)C(C(=O)N(CC=C)c3cc(C)ccc3C)C23CC[C@@]1(C)O3. The van der Waals surface area contributed by atoms with E-state index < -0.39 is 41.1 Å². The Bertz CT molecular complexity index is 1410. The van der Waals surface area contributed by atoms with Crippen molar-refractivity contribution in [2.24, 2.45) is 11.8 Å². The van der Waals surface area contributed by atoms with E-state index in [1.54, 1.807) is 17.1 Å². The van der Waals surface area contributed by atoms with Crippen LogP contribution in [0.5, 0.6) is 0 Å². The third-order valence-electron chi connectivity index (χ3n) is 9.42. The summed E-state index contributed by atoms with van der Waals surface area (Å²) in [6.45, 7) is 13.4. The normalized spacial score (nSPS) is 28.0. The van der Waals surface area contributed by atoms with E-state index in [1.165, 1.54) is 4.90 Å². The zero-order valence-electron chi connectivity index (χ0n) is 25.3. The molecule has 1 N–H and O–H groups in total. The minimum atomic E-state index is -1.24. The fourth-order valence-corrected chi connectivity index (χ4v) is 7.46. The van der Waals surface area contributed by atoms with Crippen LogP contribution in [-0.4, -0.2) is 70.8 Å². The number of aryl methyl sites for hydroxylation is 2. The fourth-order valence-electron chi connectivity index (χ4n) is 7.46. The Labute approximate surface area is 254 Å². The Hall–Kier alpha value is -3.75. The first-order valence-electron chi connectivity index (χ1n) is 15.1. The predicted molar refractivity (Wildman–Crippen MR) is 164 cm³/mol. The minimum Gasteiger partial charge on any atom is -0.465 e. The van der Waals surface area contributed by atoms with Crippen molar-refractivity contribution in [3.8, 4) is 0 Å². The lowest BCUT2D eigenvalue weighted by atomic mass is 9.66. The number of hydrogen-bond acceptors (Lipinski definition) is 6. The number of esters is 1. The third-order valence-corrected chi connectivity index (χ3v) is 9.42. The van der Waals surface area contributed by atoms with Crippen LogP contribution in [-0.2, 0) is 30.3 Å². The molecule has 1 spiro atoms. The maximum Gasteiger partial charge on any atom is 0.312 e. The molecule has 0 aromatic heterocycles. The number of amides is 2. The lowest BCUT2D eigenvalue weighted by Gasteiger charge is -2.40. The smallest absolute Gasteiger partial charge is 0.312 e. The highest BCUT2D eigenvalue weighted by Gasteiger charge is 2.79. The fraction of sp³-hybridized carbons (Fsp3) is 0.457. The first-order chi connectivity index (χ1) is 20.6. The van der Waals surface area contributed by atoms with Crippen molar-refractivity contribution >= 4 is 23.5 Å². The summed E-state index contributed by atoms with van der Waals surface area (Å²) in [5, 5.41) is 10.7. The Kier molecular flexibility index (Phi) is 8.63. The van der Waals surface area contributed by atoms with E-state index in [1.807, 2.05) is 69.3 Å². The largest absolute Gasteiger partial charge is 0.465 e. The highest BCUT2D eigenvalue weighted by atomic mass is 16.6. The van der Waals surface area contributed by atoms with Crippen LogP contribution in [0.25, 0.3) is 0 Å². The number of anilines is 1. The topological polar surface area (TPSA) is 96.4 Å². The summed E-state index contributed by atoms with van der Waals surface area (Å²) in [5.74, 6) is -2.96. The summed E-state index contributed by atoms with van der Waals surface area (Å²) in [5.41, 5.74) is 1.34. The second kappa shape index (κ2) is 12.1. The van der Waals surface area contributed by atoms with Gasteiger partial charge in [-0.05, 0) is 69.2 Å². The second-order valence-electron chi connectivity index (χ2n) is 12.3. The number of ether oxygens (including phenoxy) is 2. The molecule has 0 aliphatic carbocycles. The van der Waals surface area contributed by atoms with Crippen molar-refractivity contribution in [3.63, 3.8) is 0 Å². The molecule has 3 fully saturated rings. The van der Waals surface area contributed by atoms with E-state index in [9.17, 15) is 19.5 Å². The molecule has 2 aromatic rings.